The van der Waals surface area contributed by atoms with Crippen molar-refractivity contribution in [1.82, 2.24) is 0 Å². The Kier molecular flexibility index (Phi) is 3.46. The molecule has 88 valence electrons. The molecule has 1 saturated heterocycles. The molecule has 0 bridgehead atoms. The monoisotopic (exact) mass is 222 g/mol. The fourth-order valence-corrected chi connectivity index (χ4v) is 2.09. The van der Waals surface area contributed by atoms with E-state index in [-0.39, 0.29) is 0 Å². The maximum Gasteiger partial charge on any atom is 0.119 e. The van der Waals surface area contributed by atoms with Crippen LogP contribution in [0.25, 0.3) is 0 Å². The summed E-state index contributed by atoms with van der Waals surface area (Å²) >= 11 is 0. The zero-order chi connectivity index (χ0) is 11.4. The van der Waals surface area contributed by atoms with E-state index in [4.69, 9.17) is 9.47 Å². The minimum atomic E-state index is -0.607. The predicted octanol–water partition coefficient (Wildman–Crippen LogP) is 1.78. The van der Waals surface area contributed by atoms with Gasteiger partial charge in [-0.2, -0.15) is 0 Å². The van der Waals surface area contributed by atoms with Gasteiger partial charge in [0, 0.05) is 19.6 Å². The summed E-state index contributed by atoms with van der Waals surface area (Å²) < 4.78 is 10.4. The lowest BCUT2D eigenvalue weighted by Crippen LogP contribution is -2.38. The molecule has 0 aliphatic carbocycles. The van der Waals surface area contributed by atoms with Crippen LogP contribution in [0.15, 0.2) is 24.3 Å². The molecule has 0 atom stereocenters. The SMILES string of the molecule is COc1cccc(CC2(O)CCOCC2)c1. The van der Waals surface area contributed by atoms with Crippen LogP contribution in [0.1, 0.15) is 18.4 Å². The first kappa shape index (κ1) is 11.4. The molecule has 0 saturated carbocycles. The Morgan fingerprint density at radius 3 is 2.81 bits per heavy atom. The summed E-state index contributed by atoms with van der Waals surface area (Å²) in [6.45, 7) is 1.31. The molecule has 0 aromatic heterocycles. The summed E-state index contributed by atoms with van der Waals surface area (Å²) in [6.07, 6.45) is 2.10. The van der Waals surface area contributed by atoms with E-state index in [0.717, 1.165) is 11.3 Å². The third-order valence-corrected chi connectivity index (χ3v) is 3.09. The van der Waals surface area contributed by atoms with E-state index < -0.39 is 5.60 Å². The standard InChI is InChI=1S/C13H18O3/c1-15-12-4-2-3-11(9-12)10-13(14)5-7-16-8-6-13/h2-4,9,14H,5-8,10H2,1H3. The number of aliphatic hydroxyl groups is 1. The molecule has 1 heterocycles. The fraction of sp³-hybridized carbons (Fsp3) is 0.538. The maximum atomic E-state index is 10.4. The van der Waals surface area contributed by atoms with Gasteiger partial charge in [0.1, 0.15) is 5.75 Å². The number of hydrogen-bond acceptors (Lipinski definition) is 3. The molecule has 3 heteroatoms. The first-order chi connectivity index (χ1) is 7.72. The summed E-state index contributed by atoms with van der Waals surface area (Å²) in [7, 11) is 1.66. The van der Waals surface area contributed by atoms with Crippen LogP contribution >= 0.6 is 0 Å². The van der Waals surface area contributed by atoms with Gasteiger partial charge in [0.15, 0.2) is 0 Å². The quantitative estimate of drug-likeness (QED) is 0.847. The van der Waals surface area contributed by atoms with Gasteiger partial charge in [-0.1, -0.05) is 12.1 Å². The molecule has 0 amide bonds. The van der Waals surface area contributed by atoms with Crippen molar-refractivity contribution in [3.05, 3.63) is 29.8 Å². The van der Waals surface area contributed by atoms with Crippen molar-refractivity contribution in [2.75, 3.05) is 20.3 Å². The van der Waals surface area contributed by atoms with Crippen LogP contribution in [-0.2, 0) is 11.2 Å². The molecule has 1 N–H and O–H groups in total. The second-order valence-corrected chi connectivity index (χ2v) is 4.37. The molecule has 1 fully saturated rings. The third-order valence-electron chi connectivity index (χ3n) is 3.09. The Morgan fingerprint density at radius 1 is 1.38 bits per heavy atom. The van der Waals surface area contributed by atoms with Crippen LogP contribution in [0.4, 0.5) is 0 Å². The highest BCUT2D eigenvalue weighted by Gasteiger charge is 2.29. The van der Waals surface area contributed by atoms with Crippen molar-refractivity contribution in [2.24, 2.45) is 0 Å². The minimum absolute atomic E-state index is 0.607. The van der Waals surface area contributed by atoms with Crippen molar-refractivity contribution >= 4 is 0 Å². The van der Waals surface area contributed by atoms with Crippen LogP contribution in [0.3, 0.4) is 0 Å². The van der Waals surface area contributed by atoms with E-state index in [1.807, 2.05) is 24.3 Å². The highest BCUT2D eigenvalue weighted by atomic mass is 16.5. The van der Waals surface area contributed by atoms with Crippen LogP contribution in [0, 0.1) is 0 Å². The van der Waals surface area contributed by atoms with Crippen LogP contribution in [0.5, 0.6) is 5.75 Å². The Balaban J connectivity index is 2.07. The van der Waals surface area contributed by atoms with Crippen molar-refractivity contribution in [2.45, 2.75) is 24.9 Å². The van der Waals surface area contributed by atoms with E-state index in [1.165, 1.54) is 0 Å². The second kappa shape index (κ2) is 4.85. The van der Waals surface area contributed by atoms with Gasteiger partial charge in [0.2, 0.25) is 0 Å². The highest BCUT2D eigenvalue weighted by Crippen LogP contribution is 2.26. The molecule has 1 aromatic carbocycles. The largest absolute Gasteiger partial charge is 0.497 e. The summed E-state index contributed by atoms with van der Waals surface area (Å²) in [4.78, 5) is 0. The highest BCUT2D eigenvalue weighted by molar-refractivity contribution is 5.29. The Labute approximate surface area is 96.0 Å². The van der Waals surface area contributed by atoms with Gasteiger partial charge in [-0.3, -0.25) is 0 Å². The van der Waals surface area contributed by atoms with Gasteiger partial charge in [0.05, 0.1) is 12.7 Å². The average molecular weight is 222 g/mol. The molecule has 1 aromatic rings. The van der Waals surface area contributed by atoms with Crippen molar-refractivity contribution in [1.29, 1.82) is 0 Å². The normalized spacial score (nSPS) is 19.4. The Morgan fingerprint density at radius 2 is 2.12 bits per heavy atom. The van der Waals surface area contributed by atoms with Gasteiger partial charge in [-0.05, 0) is 30.5 Å². The van der Waals surface area contributed by atoms with Gasteiger partial charge in [-0.25, -0.2) is 0 Å². The number of rotatable bonds is 3. The summed E-state index contributed by atoms with van der Waals surface area (Å²) in [5.74, 6) is 0.841. The average Bonchev–Trinajstić information content (AvgIpc) is 2.29. The molecule has 2 rings (SSSR count). The van der Waals surface area contributed by atoms with E-state index in [1.54, 1.807) is 7.11 Å². The zero-order valence-electron chi connectivity index (χ0n) is 9.61. The molecule has 0 spiro atoms. The summed E-state index contributed by atoms with van der Waals surface area (Å²) in [5, 5.41) is 10.4. The van der Waals surface area contributed by atoms with Crippen molar-refractivity contribution < 1.29 is 14.6 Å². The first-order valence-corrected chi connectivity index (χ1v) is 5.65. The minimum Gasteiger partial charge on any atom is -0.497 e. The number of hydrogen-bond donors (Lipinski definition) is 1. The van der Waals surface area contributed by atoms with Crippen LogP contribution < -0.4 is 4.74 Å². The van der Waals surface area contributed by atoms with E-state index in [0.29, 0.717) is 32.5 Å². The maximum absolute atomic E-state index is 10.4. The molecule has 1 aliphatic rings. The van der Waals surface area contributed by atoms with Crippen LogP contribution in [-0.4, -0.2) is 31.0 Å². The number of methoxy groups -OCH3 is 1. The summed E-state index contributed by atoms with van der Waals surface area (Å²) in [6, 6.07) is 7.87. The second-order valence-electron chi connectivity index (χ2n) is 4.37. The fourth-order valence-electron chi connectivity index (χ4n) is 2.09. The zero-order valence-corrected chi connectivity index (χ0v) is 9.61. The lowest BCUT2D eigenvalue weighted by atomic mass is 9.87. The van der Waals surface area contributed by atoms with E-state index in [2.05, 4.69) is 0 Å². The van der Waals surface area contributed by atoms with Gasteiger partial charge >= 0.3 is 0 Å². The summed E-state index contributed by atoms with van der Waals surface area (Å²) in [5.41, 5.74) is 0.508. The lowest BCUT2D eigenvalue weighted by molar-refractivity contribution is -0.0625. The molecule has 1 aliphatic heterocycles. The van der Waals surface area contributed by atoms with Gasteiger partial charge < -0.3 is 14.6 Å². The molecule has 16 heavy (non-hydrogen) atoms. The smallest absolute Gasteiger partial charge is 0.119 e. The van der Waals surface area contributed by atoms with Gasteiger partial charge in [-0.15, -0.1) is 0 Å². The topological polar surface area (TPSA) is 38.7 Å². The van der Waals surface area contributed by atoms with Crippen LogP contribution in [0.2, 0.25) is 0 Å². The molecule has 0 unspecified atom stereocenters. The van der Waals surface area contributed by atoms with Crippen molar-refractivity contribution in [3.8, 4) is 5.75 Å². The van der Waals surface area contributed by atoms with E-state index >= 15 is 0 Å². The molecular formula is C13H18O3. The predicted molar refractivity (Wildman–Crippen MR) is 61.7 cm³/mol. The lowest BCUT2D eigenvalue weighted by Gasteiger charge is -2.32. The first-order valence-electron chi connectivity index (χ1n) is 5.65. The molecule has 0 radical (unpaired) electrons. The Hall–Kier alpha value is -1.06. The number of ether oxygens (including phenoxy) is 2. The van der Waals surface area contributed by atoms with Gasteiger partial charge in [0.25, 0.3) is 0 Å². The molecular weight excluding hydrogens is 204 g/mol. The number of benzene rings is 1. The van der Waals surface area contributed by atoms with Crippen molar-refractivity contribution in [3.63, 3.8) is 0 Å². The Bertz CT molecular complexity index is 343. The molecule has 3 nitrogen and oxygen atoms in total. The third kappa shape index (κ3) is 2.74. The van der Waals surface area contributed by atoms with E-state index in [9.17, 15) is 5.11 Å².